The van der Waals surface area contributed by atoms with Crippen LogP contribution in [0.5, 0.6) is 0 Å². The van der Waals surface area contributed by atoms with Crippen LogP contribution in [-0.2, 0) is 11.3 Å². The van der Waals surface area contributed by atoms with Crippen LogP contribution in [0.4, 0.5) is 11.4 Å². The van der Waals surface area contributed by atoms with Gasteiger partial charge in [-0.2, -0.15) is 0 Å². The first-order valence-corrected chi connectivity index (χ1v) is 10.4. The summed E-state index contributed by atoms with van der Waals surface area (Å²) in [5.41, 5.74) is 2.46. The van der Waals surface area contributed by atoms with E-state index in [0.717, 1.165) is 5.56 Å². The quantitative estimate of drug-likeness (QED) is 0.524. The maximum absolute atomic E-state index is 12.7. The smallest absolute Gasteiger partial charge is 0.265 e. The van der Waals surface area contributed by atoms with Crippen LogP contribution in [0.15, 0.2) is 66.0 Å². The van der Waals surface area contributed by atoms with Crippen molar-refractivity contribution in [3.8, 4) is 0 Å². The van der Waals surface area contributed by atoms with Gasteiger partial charge < -0.3 is 16.0 Å². The summed E-state index contributed by atoms with van der Waals surface area (Å²) in [4.78, 5) is 37.3. The largest absolute Gasteiger partial charge is 0.348 e. The number of rotatable bonds is 7. The standard InChI is InChI=1S/C23H23N3O3S/c1-15(2)21(27)25-17-11-9-16(10-12-17)14-24-22(28)18-6-3-4-7-19(18)26-23(29)20-8-5-13-30-20/h3-13,15H,14H2,1-2H3,(H,24,28)(H,25,27)(H,26,29). The van der Waals surface area contributed by atoms with Gasteiger partial charge in [0.1, 0.15) is 0 Å². The van der Waals surface area contributed by atoms with Crippen LogP contribution in [0.25, 0.3) is 0 Å². The second-order valence-electron chi connectivity index (χ2n) is 7.00. The predicted octanol–water partition coefficient (Wildman–Crippen LogP) is 4.52. The van der Waals surface area contributed by atoms with E-state index in [1.165, 1.54) is 11.3 Å². The first kappa shape index (κ1) is 21.3. The first-order valence-electron chi connectivity index (χ1n) is 9.56. The van der Waals surface area contributed by atoms with Gasteiger partial charge in [-0.05, 0) is 41.3 Å². The van der Waals surface area contributed by atoms with E-state index < -0.39 is 0 Å². The van der Waals surface area contributed by atoms with Crippen molar-refractivity contribution >= 4 is 40.4 Å². The van der Waals surface area contributed by atoms with Gasteiger partial charge in [-0.25, -0.2) is 0 Å². The normalized spacial score (nSPS) is 10.5. The molecule has 0 saturated heterocycles. The summed E-state index contributed by atoms with van der Waals surface area (Å²) in [6, 6.07) is 17.7. The number of hydrogen-bond donors (Lipinski definition) is 3. The molecule has 0 aliphatic carbocycles. The van der Waals surface area contributed by atoms with Gasteiger partial charge in [-0.1, -0.05) is 44.2 Å². The molecule has 2 aromatic carbocycles. The van der Waals surface area contributed by atoms with Crippen molar-refractivity contribution in [1.82, 2.24) is 5.32 Å². The Morgan fingerprint density at radius 1 is 0.867 bits per heavy atom. The van der Waals surface area contributed by atoms with Crippen molar-refractivity contribution in [3.63, 3.8) is 0 Å². The highest BCUT2D eigenvalue weighted by Gasteiger charge is 2.14. The van der Waals surface area contributed by atoms with Crippen LogP contribution < -0.4 is 16.0 Å². The summed E-state index contributed by atoms with van der Waals surface area (Å²) >= 11 is 1.34. The molecule has 1 aromatic heterocycles. The monoisotopic (exact) mass is 421 g/mol. The van der Waals surface area contributed by atoms with E-state index in [1.54, 1.807) is 48.5 Å². The number of anilines is 2. The topological polar surface area (TPSA) is 87.3 Å². The fourth-order valence-electron chi connectivity index (χ4n) is 2.65. The second kappa shape index (κ2) is 9.84. The lowest BCUT2D eigenvalue weighted by Gasteiger charge is -2.12. The molecule has 154 valence electrons. The fourth-order valence-corrected chi connectivity index (χ4v) is 3.27. The molecule has 3 aromatic rings. The van der Waals surface area contributed by atoms with Crippen molar-refractivity contribution in [2.45, 2.75) is 20.4 Å². The van der Waals surface area contributed by atoms with Gasteiger partial charge in [0.05, 0.1) is 16.1 Å². The average molecular weight is 422 g/mol. The van der Waals surface area contributed by atoms with Gasteiger partial charge in [0.25, 0.3) is 11.8 Å². The number of benzene rings is 2. The summed E-state index contributed by atoms with van der Waals surface area (Å²) in [6.07, 6.45) is 0. The predicted molar refractivity (Wildman–Crippen MR) is 120 cm³/mol. The highest BCUT2D eigenvalue weighted by Crippen LogP contribution is 2.18. The van der Waals surface area contributed by atoms with E-state index in [-0.39, 0.29) is 23.6 Å². The lowest BCUT2D eigenvalue weighted by molar-refractivity contribution is -0.118. The van der Waals surface area contributed by atoms with Crippen LogP contribution in [0.3, 0.4) is 0 Å². The van der Waals surface area contributed by atoms with Gasteiger partial charge in [0, 0.05) is 18.2 Å². The minimum absolute atomic E-state index is 0.0442. The first-order chi connectivity index (χ1) is 14.4. The molecule has 0 aliphatic heterocycles. The Labute approximate surface area is 179 Å². The van der Waals surface area contributed by atoms with Gasteiger partial charge in [-0.15, -0.1) is 11.3 Å². The molecule has 0 bridgehead atoms. The molecule has 0 spiro atoms. The summed E-state index contributed by atoms with van der Waals surface area (Å²) < 4.78 is 0. The van der Waals surface area contributed by atoms with Crippen molar-refractivity contribution in [3.05, 3.63) is 82.0 Å². The van der Waals surface area contributed by atoms with Gasteiger partial charge in [-0.3, -0.25) is 14.4 Å². The second-order valence-corrected chi connectivity index (χ2v) is 7.95. The minimum Gasteiger partial charge on any atom is -0.348 e. The Balaban J connectivity index is 1.61. The molecule has 0 saturated carbocycles. The van der Waals surface area contributed by atoms with Crippen LogP contribution in [0.1, 0.15) is 39.4 Å². The summed E-state index contributed by atoms with van der Waals surface area (Å²) in [6.45, 7) is 3.99. The summed E-state index contributed by atoms with van der Waals surface area (Å²) in [7, 11) is 0. The molecule has 7 heteroatoms. The van der Waals surface area contributed by atoms with E-state index >= 15 is 0 Å². The number of nitrogens with one attached hydrogen (secondary N) is 3. The molecular weight excluding hydrogens is 398 g/mol. The third kappa shape index (κ3) is 5.55. The number of carbonyl (C=O) groups excluding carboxylic acids is 3. The van der Waals surface area contributed by atoms with E-state index in [1.807, 2.05) is 31.4 Å². The minimum atomic E-state index is -0.283. The zero-order chi connectivity index (χ0) is 21.5. The zero-order valence-corrected chi connectivity index (χ0v) is 17.6. The molecule has 0 radical (unpaired) electrons. The molecule has 3 N–H and O–H groups in total. The van der Waals surface area contributed by atoms with Crippen molar-refractivity contribution < 1.29 is 14.4 Å². The molecule has 0 fully saturated rings. The Morgan fingerprint density at radius 2 is 1.60 bits per heavy atom. The fraction of sp³-hybridized carbons (Fsp3) is 0.174. The Hall–Kier alpha value is -3.45. The molecule has 6 nitrogen and oxygen atoms in total. The van der Waals surface area contributed by atoms with Crippen LogP contribution in [-0.4, -0.2) is 17.7 Å². The Morgan fingerprint density at radius 3 is 2.27 bits per heavy atom. The highest BCUT2D eigenvalue weighted by atomic mass is 32.1. The molecule has 1 heterocycles. The summed E-state index contributed by atoms with van der Waals surface area (Å²) in [5, 5.41) is 10.3. The van der Waals surface area contributed by atoms with Crippen LogP contribution >= 0.6 is 11.3 Å². The highest BCUT2D eigenvalue weighted by molar-refractivity contribution is 7.12. The van der Waals surface area contributed by atoms with E-state index in [9.17, 15) is 14.4 Å². The number of thiophene rings is 1. The van der Waals surface area contributed by atoms with Crippen LogP contribution in [0.2, 0.25) is 0 Å². The third-order valence-corrected chi connectivity index (χ3v) is 5.23. The SMILES string of the molecule is CC(C)C(=O)Nc1ccc(CNC(=O)c2ccccc2NC(=O)c2cccs2)cc1. The zero-order valence-electron chi connectivity index (χ0n) is 16.8. The van der Waals surface area contributed by atoms with E-state index in [4.69, 9.17) is 0 Å². The van der Waals surface area contributed by atoms with Gasteiger partial charge in [0.15, 0.2) is 0 Å². The number of para-hydroxylation sites is 1. The molecule has 0 aliphatic rings. The average Bonchev–Trinajstić information content (AvgIpc) is 3.28. The molecule has 0 unspecified atom stereocenters. The maximum atomic E-state index is 12.7. The van der Waals surface area contributed by atoms with Gasteiger partial charge >= 0.3 is 0 Å². The molecule has 0 atom stereocenters. The van der Waals surface area contributed by atoms with Crippen molar-refractivity contribution in [2.24, 2.45) is 5.92 Å². The number of hydrogen-bond acceptors (Lipinski definition) is 4. The molecular formula is C23H23N3O3S. The van der Waals surface area contributed by atoms with Gasteiger partial charge in [0.2, 0.25) is 5.91 Å². The Kier molecular flexibility index (Phi) is 6.98. The van der Waals surface area contributed by atoms with E-state index in [2.05, 4.69) is 16.0 Å². The van der Waals surface area contributed by atoms with Crippen LogP contribution in [0, 0.1) is 5.92 Å². The number of carbonyl (C=O) groups is 3. The lowest BCUT2D eigenvalue weighted by Crippen LogP contribution is -2.24. The lowest BCUT2D eigenvalue weighted by atomic mass is 10.1. The van der Waals surface area contributed by atoms with Crippen molar-refractivity contribution in [2.75, 3.05) is 10.6 Å². The van der Waals surface area contributed by atoms with E-state index in [0.29, 0.717) is 28.4 Å². The third-order valence-electron chi connectivity index (χ3n) is 4.36. The summed E-state index contributed by atoms with van der Waals surface area (Å²) in [5.74, 6) is -0.667. The molecule has 3 rings (SSSR count). The Bertz CT molecular complexity index is 1030. The number of amides is 3. The van der Waals surface area contributed by atoms with Crippen molar-refractivity contribution in [1.29, 1.82) is 0 Å². The molecule has 30 heavy (non-hydrogen) atoms. The molecule has 3 amide bonds. The maximum Gasteiger partial charge on any atom is 0.265 e.